The van der Waals surface area contributed by atoms with Crippen LogP contribution in [0.15, 0.2) is 18.2 Å². The standard InChI is InChI=1S/C15H21FN2O3/c1-11(15(19)20)18-7-5-17(6-8-18)10-12-9-13(16)3-4-14(12)21-2/h3-4,9,11H,5-8,10H2,1-2H3,(H,19,20)/t11-/m1/s1. The molecule has 1 aromatic carbocycles. The van der Waals surface area contributed by atoms with E-state index < -0.39 is 12.0 Å². The fraction of sp³-hybridized carbons (Fsp3) is 0.533. The molecule has 5 nitrogen and oxygen atoms in total. The van der Waals surface area contributed by atoms with Crippen LogP contribution in [0.25, 0.3) is 0 Å². The lowest BCUT2D eigenvalue weighted by Crippen LogP contribution is -2.51. The number of benzene rings is 1. The van der Waals surface area contributed by atoms with Crippen LogP contribution in [0, 0.1) is 5.82 Å². The molecule has 2 rings (SSSR count). The van der Waals surface area contributed by atoms with Gasteiger partial charge in [-0.25, -0.2) is 4.39 Å². The highest BCUT2D eigenvalue weighted by molar-refractivity contribution is 5.72. The number of nitrogens with zero attached hydrogens (tertiary/aromatic N) is 2. The van der Waals surface area contributed by atoms with Crippen LogP contribution in [0.3, 0.4) is 0 Å². The number of halogens is 1. The highest BCUT2D eigenvalue weighted by Gasteiger charge is 2.25. The second-order valence-electron chi connectivity index (χ2n) is 5.28. The zero-order valence-electron chi connectivity index (χ0n) is 12.4. The van der Waals surface area contributed by atoms with Gasteiger partial charge in [-0.1, -0.05) is 0 Å². The highest BCUT2D eigenvalue weighted by atomic mass is 19.1. The summed E-state index contributed by atoms with van der Waals surface area (Å²) in [5, 5.41) is 9.02. The van der Waals surface area contributed by atoms with Crippen molar-refractivity contribution in [3.63, 3.8) is 0 Å². The molecule has 1 atom stereocenters. The lowest BCUT2D eigenvalue weighted by Gasteiger charge is -2.36. The molecule has 0 saturated carbocycles. The van der Waals surface area contributed by atoms with Gasteiger partial charge in [-0.3, -0.25) is 14.6 Å². The molecule has 0 aromatic heterocycles. The number of carbonyl (C=O) groups is 1. The molecule has 1 aromatic rings. The van der Waals surface area contributed by atoms with E-state index in [1.165, 1.54) is 12.1 Å². The van der Waals surface area contributed by atoms with Gasteiger partial charge in [-0.15, -0.1) is 0 Å². The van der Waals surface area contributed by atoms with E-state index in [0.717, 1.165) is 18.7 Å². The third-order valence-corrected chi connectivity index (χ3v) is 3.95. The first-order valence-electron chi connectivity index (χ1n) is 7.03. The number of ether oxygens (including phenoxy) is 1. The summed E-state index contributed by atoms with van der Waals surface area (Å²) in [6.07, 6.45) is 0. The van der Waals surface area contributed by atoms with Gasteiger partial charge in [0.1, 0.15) is 17.6 Å². The molecule has 21 heavy (non-hydrogen) atoms. The number of hydrogen-bond acceptors (Lipinski definition) is 4. The molecule has 0 unspecified atom stereocenters. The second-order valence-corrected chi connectivity index (χ2v) is 5.28. The molecule has 1 heterocycles. The van der Waals surface area contributed by atoms with Gasteiger partial charge in [-0.2, -0.15) is 0 Å². The van der Waals surface area contributed by atoms with Crippen LogP contribution in [0.2, 0.25) is 0 Å². The molecule has 1 N–H and O–H groups in total. The maximum Gasteiger partial charge on any atom is 0.320 e. The molecule has 1 aliphatic rings. The van der Waals surface area contributed by atoms with Crippen molar-refractivity contribution in [2.45, 2.75) is 19.5 Å². The Hall–Kier alpha value is -1.66. The first-order chi connectivity index (χ1) is 10.0. The van der Waals surface area contributed by atoms with E-state index in [4.69, 9.17) is 9.84 Å². The Kier molecular flexibility index (Phi) is 5.14. The van der Waals surface area contributed by atoms with Crippen LogP contribution in [-0.4, -0.2) is 60.2 Å². The Morgan fingerprint density at radius 2 is 2.05 bits per heavy atom. The first-order valence-corrected chi connectivity index (χ1v) is 7.03. The van der Waals surface area contributed by atoms with Crippen molar-refractivity contribution < 1.29 is 19.0 Å². The van der Waals surface area contributed by atoms with Crippen molar-refractivity contribution in [2.24, 2.45) is 0 Å². The molecule has 0 aliphatic carbocycles. The Morgan fingerprint density at radius 3 is 2.62 bits per heavy atom. The topological polar surface area (TPSA) is 53.0 Å². The van der Waals surface area contributed by atoms with Crippen LogP contribution in [0.5, 0.6) is 5.75 Å². The molecule has 0 spiro atoms. The normalized spacial score (nSPS) is 18.4. The summed E-state index contributed by atoms with van der Waals surface area (Å²) in [5.74, 6) is -0.392. The summed E-state index contributed by atoms with van der Waals surface area (Å²) < 4.78 is 18.6. The molecule has 1 saturated heterocycles. The first kappa shape index (κ1) is 15.7. The van der Waals surface area contributed by atoms with Crippen molar-refractivity contribution in [3.8, 4) is 5.75 Å². The summed E-state index contributed by atoms with van der Waals surface area (Å²) in [6.45, 7) is 5.23. The van der Waals surface area contributed by atoms with Crippen LogP contribution >= 0.6 is 0 Å². The average molecular weight is 296 g/mol. The number of aliphatic carboxylic acids is 1. The van der Waals surface area contributed by atoms with E-state index in [1.54, 1.807) is 20.1 Å². The fourth-order valence-electron chi connectivity index (χ4n) is 2.58. The largest absolute Gasteiger partial charge is 0.496 e. The Balaban J connectivity index is 1.95. The summed E-state index contributed by atoms with van der Waals surface area (Å²) in [4.78, 5) is 15.1. The van der Waals surface area contributed by atoms with Crippen molar-refractivity contribution >= 4 is 5.97 Å². The van der Waals surface area contributed by atoms with Gasteiger partial charge in [-0.05, 0) is 25.1 Å². The number of carboxylic acid groups (broad SMARTS) is 1. The van der Waals surface area contributed by atoms with Crippen molar-refractivity contribution in [3.05, 3.63) is 29.6 Å². The zero-order chi connectivity index (χ0) is 15.4. The Bertz CT molecular complexity index is 502. The van der Waals surface area contributed by atoms with Crippen molar-refractivity contribution in [1.82, 2.24) is 9.80 Å². The van der Waals surface area contributed by atoms with Crippen molar-refractivity contribution in [2.75, 3.05) is 33.3 Å². The number of hydrogen-bond donors (Lipinski definition) is 1. The summed E-state index contributed by atoms with van der Waals surface area (Å²) >= 11 is 0. The fourth-order valence-corrected chi connectivity index (χ4v) is 2.58. The van der Waals surface area contributed by atoms with Crippen molar-refractivity contribution in [1.29, 1.82) is 0 Å². The van der Waals surface area contributed by atoms with Gasteiger partial charge in [0.2, 0.25) is 0 Å². The Labute approximate surface area is 123 Å². The zero-order valence-corrected chi connectivity index (χ0v) is 12.4. The molecular weight excluding hydrogens is 275 g/mol. The third-order valence-electron chi connectivity index (χ3n) is 3.95. The monoisotopic (exact) mass is 296 g/mol. The molecule has 0 bridgehead atoms. The SMILES string of the molecule is COc1ccc(F)cc1CN1CCN([C@H](C)C(=O)O)CC1. The summed E-state index contributed by atoms with van der Waals surface area (Å²) in [6, 6.07) is 4.05. The van der Waals surface area contributed by atoms with Crippen LogP contribution in [0.4, 0.5) is 4.39 Å². The van der Waals surface area contributed by atoms with Gasteiger partial charge in [0.15, 0.2) is 0 Å². The van der Waals surface area contributed by atoms with Gasteiger partial charge >= 0.3 is 5.97 Å². The molecule has 1 aliphatic heterocycles. The van der Waals surface area contributed by atoms with Gasteiger partial charge < -0.3 is 9.84 Å². The average Bonchev–Trinajstić information content (AvgIpc) is 2.47. The predicted molar refractivity (Wildman–Crippen MR) is 76.9 cm³/mol. The molecule has 6 heteroatoms. The smallest absolute Gasteiger partial charge is 0.320 e. The quantitative estimate of drug-likeness (QED) is 0.891. The summed E-state index contributed by atoms with van der Waals surface area (Å²) in [5.41, 5.74) is 0.817. The molecule has 0 amide bonds. The van der Waals surface area contributed by atoms with Gasteiger partial charge in [0.25, 0.3) is 0 Å². The van der Waals surface area contributed by atoms with Crippen LogP contribution in [-0.2, 0) is 11.3 Å². The third kappa shape index (κ3) is 3.92. The molecule has 1 fully saturated rings. The van der Waals surface area contributed by atoms with Crippen LogP contribution < -0.4 is 4.74 Å². The van der Waals surface area contributed by atoms with E-state index in [-0.39, 0.29) is 5.82 Å². The molecular formula is C15H21FN2O3. The lowest BCUT2D eigenvalue weighted by atomic mass is 10.1. The van der Waals surface area contributed by atoms with E-state index >= 15 is 0 Å². The predicted octanol–water partition coefficient (Wildman–Crippen LogP) is 1.43. The second kappa shape index (κ2) is 6.87. The number of methoxy groups -OCH3 is 1. The minimum atomic E-state index is -0.796. The van der Waals surface area contributed by atoms with E-state index in [2.05, 4.69) is 4.90 Å². The lowest BCUT2D eigenvalue weighted by molar-refractivity contribution is -0.143. The van der Waals surface area contributed by atoms with E-state index in [0.29, 0.717) is 25.4 Å². The highest BCUT2D eigenvalue weighted by Crippen LogP contribution is 2.21. The number of piperazine rings is 1. The number of rotatable bonds is 5. The number of carboxylic acids is 1. The maximum atomic E-state index is 13.3. The van der Waals surface area contributed by atoms with Crippen LogP contribution in [0.1, 0.15) is 12.5 Å². The van der Waals surface area contributed by atoms with Gasteiger partial charge in [0, 0.05) is 38.3 Å². The van der Waals surface area contributed by atoms with E-state index in [1.807, 2.05) is 4.90 Å². The minimum absolute atomic E-state index is 0.274. The molecule has 116 valence electrons. The maximum absolute atomic E-state index is 13.3. The Morgan fingerprint density at radius 1 is 1.38 bits per heavy atom. The van der Waals surface area contributed by atoms with Gasteiger partial charge in [0.05, 0.1) is 7.11 Å². The minimum Gasteiger partial charge on any atom is -0.496 e. The molecule has 0 radical (unpaired) electrons. The van der Waals surface area contributed by atoms with E-state index in [9.17, 15) is 9.18 Å². The summed E-state index contributed by atoms with van der Waals surface area (Å²) in [7, 11) is 1.57.